The number of hydrogen-bond acceptors (Lipinski definition) is 4. The molecular weight excluding hydrogens is 306 g/mol. The number of halogens is 1. The Bertz CT molecular complexity index is 415. The molecule has 104 valence electrons. The fourth-order valence-electron chi connectivity index (χ4n) is 2.84. The third-order valence-corrected chi connectivity index (χ3v) is 4.57. The number of rotatable bonds is 3. The lowest BCUT2D eigenvalue weighted by molar-refractivity contribution is 0.164. The Kier molecular flexibility index (Phi) is 4.35. The van der Waals surface area contributed by atoms with Crippen LogP contribution in [0.3, 0.4) is 0 Å². The molecule has 0 aliphatic carbocycles. The molecule has 3 rings (SSSR count). The zero-order chi connectivity index (χ0) is 13.1. The summed E-state index contributed by atoms with van der Waals surface area (Å²) in [6.07, 6.45) is 3.09. The molecule has 0 spiro atoms. The maximum absolute atomic E-state index is 5.45. The lowest BCUT2D eigenvalue weighted by Gasteiger charge is -2.36. The molecule has 3 heterocycles. The highest BCUT2D eigenvalue weighted by atomic mass is 79.9. The molecule has 19 heavy (non-hydrogen) atoms. The van der Waals surface area contributed by atoms with Gasteiger partial charge in [-0.1, -0.05) is 0 Å². The number of piperazine rings is 1. The van der Waals surface area contributed by atoms with Crippen LogP contribution in [0.5, 0.6) is 0 Å². The van der Waals surface area contributed by atoms with Gasteiger partial charge in [0.15, 0.2) is 0 Å². The Balaban J connectivity index is 1.53. The number of pyridine rings is 1. The van der Waals surface area contributed by atoms with Crippen molar-refractivity contribution >= 4 is 21.7 Å². The summed E-state index contributed by atoms with van der Waals surface area (Å²) in [7, 11) is 0. The first-order valence-corrected chi connectivity index (χ1v) is 7.78. The summed E-state index contributed by atoms with van der Waals surface area (Å²) < 4.78 is 6.54. The zero-order valence-electron chi connectivity index (χ0n) is 11.1. The molecule has 1 aromatic rings. The van der Waals surface area contributed by atoms with Crippen LogP contribution in [0.2, 0.25) is 0 Å². The van der Waals surface area contributed by atoms with Gasteiger partial charge in [0.2, 0.25) is 0 Å². The van der Waals surface area contributed by atoms with Crippen molar-refractivity contribution in [2.45, 2.75) is 6.42 Å². The Morgan fingerprint density at radius 1 is 1.32 bits per heavy atom. The predicted octanol–water partition coefficient (Wildman–Crippen LogP) is 2.00. The second kappa shape index (κ2) is 6.20. The van der Waals surface area contributed by atoms with E-state index in [4.69, 9.17) is 4.74 Å². The van der Waals surface area contributed by atoms with Gasteiger partial charge in [-0.2, -0.15) is 0 Å². The maximum Gasteiger partial charge on any atom is 0.142 e. The summed E-state index contributed by atoms with van der Waals surface area (Å²) in [5.74, 6) is 1.82. The first-order chi connectivity index (χ1) is 9.33. The molecule has 1 atom stereocenters. The molecule has 2 fully saturated rings. The lowest BCUT2D eigenvalue weighted by Crippen LogP contribution is -2.48. The minimum Gasteiger partial charge on any atom is -0.381 e. The van der Waals surface area contributed by atoms with Gasteiger partial charge in [0.05, 0.1) is 11.1 Å². The quantitative estimate of drug-likeness (QED) is 0.850. The van der Waals surface area contributed by atoms with Gasteiger partial charge >= 0.3 is 0 Å². The van der Waals surface area contributed by atoms with Crippen LogP contribution in [0.1, 0.15) is 6.42 Å². The number of ether oxygens (including phenoxy) is 1. The molecule has 4 nitrogen and oxygen atoms in total. The van der Waals surface area contributed by atoms with Crippen molar-refractivity contribution in [2.24, 2.45) is 5.92 Å². The molecule has 0 saturated carbocycles. The van der Waals surface area contributed by atoms with Crippen molar-refractivity contribution in [1.82, 2.24) is 9.88 Å². The van der Waals surface area contributed by atoms with Crippen molar-refractivity contribution in [1.29, 1.82) is 0 Å². The average Bonchev–Trinajstić information content (AvgIpc) is 2.93. The summed E-state index contributed by atoms with van der Waals surface area (Å²) in [6.45, 7) is 7.46. The van der Waals surface area contributed by atoms with Crippen LogP contribution in [0.15, 0.2) is 22.8 Å². The van der Waals surface area contributed by atoms with Gasteiger partial charge in [0, 0.05) is 45.5 Å². The normalized spacial score (nSPS) is 24.9. The van der Waals surface area contributed by atoms with E-state index in [1.54, 1.807) is 0 Å². The van der Waals surface area contributed by atoms with Crippen LogP contribution in [0.25, 0.3) is 0 Å². The number of nitrogens with zero attached hydrogens (tertiary/aromatic N) is 3. The summed E-state index contributed by atoms with van der Waals surface area (Å²) in [6, 6.07) is 4.02. The number of aromatic nitrogens is 1. The van der Waals surface area contributed by atoms with E-state index in [1.807, 2.05) is 12.3 Å². The minimum atomic E-state index is 0.744. The molecule has 1 aromatic heterocycles. The molecule has 0 N–H and O–H groups in total. The van der Waals surface area contributed by atoms with E-state index in [2.05, 4.69) is 36.8 Å². The highest BCUT2D eigenvalue weighted by molar-refractivity contribution is 9.10. The standard InChI is InChI=1S/C14H20BrN3O/c15-13-2-1-4-16-14(13)18-7-5-17(6-8-18)10-12-3-9-19-11-12/h1-2,4,12H,3,5-11H2. The van der Waals surface area contributed by atoms with E-state index < -0.39 is 0 Å². The van der Waals surface area contributed by atoms with Gasteiger partial charge in [-0.25, -0.2) is 4.98 Å². The lowest BCUT2D eigenvalue weighted by atomic mass is 10.1. The largest absolute Gasteiger partial charge is 0.381 e. The number of hydrogen-bond donors (Lipinski definition) is 0. The van der Waals surface area contributed by atoms with Gasteiger partial charge in [-0.3, -0.25) is 4.90 Å². The van der Waals surface area contributed by atoms with E-state index in [1.165, 1.54) is 13.0 Å². The molecular formula is C14H20BrN3O. The topological polar surface area (TPSA) is 28.6 Å². The molecule has 2 saturated heterocycles. The molecule has 5 heteroatoms. The van der Waals surface area contributed by atoms with E-state index >= 15 is 0 Å². The molecule has 0 bridgehead atoms. The summed E-state index contributed by atoms with van der Waals surface area (Å²) in [5.41, 5.74) is 0. The average molecular weight is 326 g/mol. The highest BCUT2D eigenvalue weighted by Gasteiger charge is 2.23. The van der Waals surface area contributed by atoms with Crippen LogP contribution in [0.4, 0.5) is 5.82 Å². The molecule has 2 aliphatic rings. The molecule has 2 aliphatic heterocycles. The van der Waals surface area contributed by atoms with Crippen LogP contribution in [0, 0.1) is 5.92 Å². The van der Waals surface area contributed by atoms with Crippen LogP contribution in [-0.2, 0) is 4.74 Å². The van der Waals surface area contributed by atoms with Gasteiger partial charge < -0.3 is 9.64 Å². The third-order valence-electron chi connectivity index (χ3n) is 3.95. The maximum atomic E-state index is 5.45. The number of anilines is 1. The molecule has 1 unspecified atom stereocenters. The third kappa shape index (κ3) is 3.27. The Morgan fingerprint density at radius 2 is 2.16 bits per heavy atom. The first-order valence-electron chi connectivity index (χ1n) is 6.98. The Morgan fingerprint density at radius 3 is 2.84 bits per heavy atom. The first kappa shape index (κ1) is 13.3. The zero-order valence-corrected chi connectivity index (χ0v) is 12.7. The molecule has 0 amide bonds. The summed E-state index contributed by atoms with van der Waals surface area (Å²) in [5, 5.41) is 0. The van der Waals surface area contributed by atoms with E-state index in [-0.39, 0.29) is 0 Å². The molecule has 0 aromatic carbocycles. The monoisotopic (exact) mass is 325 g/mol. The second-order valence-electron chi connectivity index (χ2n) is 5.33. The smallest absolute Gasteiger partial charge is 0.142 e. The van der Waals surface area contributed by atoms with Crippen LogP contribution >= 0.6 is 15.9 Å². The van der Waals surface area contributed by atoms with E-state index in [0.717, 1.165) is 55.6 Å². The van der Waals surface area contributed by atoms with Crippen molar-refractivity contribution in [3.63, 3.8) is 0 Å². The Hall–Kier alpha value is -0.650. The Labute approximate surface area is 122 Å². The van der Waals surface area contributed by atoms with Crippen molar-refractivity contribution in [2.75, 3.05) is 50.8 Å². The fraction of sp³-hybridized carbons (Fsp3) is 0.643. The van der Waals surface area contributed by atoms with Gasteiger partial charge in [0.25, 0.3) is 0 Å². The van der Waals surface area contributed by atoms with Crippen molar-refractivity contribution < 1.29 is 4.74 Å². The second-order valence-corrected chi connectivity index (χ2v) is 6.18. The van der Waals surface area contributed by atoms with Crippen molar-refractivity contribution in [3.05, 3.63) is 22.8 Å². The van der Waals surface area contributed by atoms with Gasteiger partial charge in [-0.05, 0) is 40.4 Å². The molecule has 0 radical (unpaired) electrons. The van der Waals surface area contributed by atoms with E-state index in [0.29, 0.717) is 0 Å². The van der Waals surface area contributed by atoms with Crippen LogP contribution < -0.4 is 4.90 Å². The summed E-state index contributed by atoms with van der Waals surface area (Å²) in [4.78, 5) is 9.40. The summed E-state index contributed by atoms with van der Waals surface area (Å²) >= 11 is 3.58. The van der Waals surface area contributed by atoms with Gasteiger partial charge in [-0.15, -0.1) is 0 Å². The SMILES string of the molecule is Brc1cccnc1N1CCN(CC2CCOC2)CC1. The van der Waals surface area contributed by atoms with E-state index in [9.17, 15) is 0 Å². The fourth-order valence-corrected chi connectivity index (χ4v) is 3.35. The predicted molar refractivity (Wildman–Crippen MR) is 79.5 cm³/mol. The van der Waals surface area contributed by atoms with Gasteiger partial charge in [0.1, 0.15) is 5.82 Å². The highest BCUT2D eigenvalue weighted by Crippen LogP contribution is 2.24. The minimum absolute atomic E-state index is 0.744. The van der Waals surface area contributed by atoms with Crippen molar-refractivity contribution in [3.8, 4) is 0 Å². The van der Waals surface area contributed by atoms with Crippen LogP contribution in [-0.4, -0.2) is 55.8 Å².